The van der Waals surface area contributed by atoms with Gasteiger partial charge in [-0.15, -0.1) is 0 Å². The monoisotopic (exact) mass is 165 g/mol. The summed E-state index contributed by atoms with van der Waals surface area (Å²) in [6, 6.07) is 0. The van der Waals surface area contributed by atoms with Crippen LogP contribution < -0.4 is 0 Å². The second kappa shape index (κ2) is 10.9. The average Bonchev–Trinajstić information content (AvgIpc) is 1.81. The fraction of sp³-hybridized carbons (Fsp3) is 0.500. The summed E-state index contributed by atoms with van der Waals surface area (Å²) in [4.78, 5) is 0. The summed E-state index contributed by atoms with van der Waals surface area (Å²) in [5.41, 5.74) is 0. The Morgan fingerprint density at radius 3 is 2.56 bits per heavy atom. The third-order valence-electron chi connectivity index (χ3n) is 0.972. The van der Waals surface area contributed by atoms with Gasteiger partial charge < -0.3 is 0 Å². The molecular formula is C8H13Fe-. The van der Waals surface area contributed by atoms with Gasteiger partial charge in [0.1, 0.15) is 0 Å². The van der Waals surface area contributed by atoms with Crippen LogP contribution in [0.2, 0.25) is 0 Å². The van der Waals surface area contributed by atoms with Crippen LogP contribution in [-0.4, -0.2) is 0 Å². The van der Waals surface area contributed by atoms with Crippen LogP contribution >= 0.6 is 0 Å². The molecular weight excluding hydrogens is 152 g/mol. The van der Waals surface area contributed by atoms with E-state index >= 15 is 0 Å². The zero-order valence-electron chi connectivity index (χ0n) is 5.78. The first-order valence-electron chi connectivity index (χ1n) is 3.12. The Kier molecular flexibility index (Phi) is 14.2. The second-order valence-corrected chi connectivity index (χ2v) is 1.76. The molecule has 0 amide bonds. The van der Waals surface area contributed by atoms with Crippen molar-refractivity contribution in [3.05, 3.63) is 24.8 Å². The predicted octanol–water partition coefficient (Wildman–Crippen LogP) is 2.72. The van der Waals surface area contributed by atoms with Gasteiger partial charge in [-0.3, -0.25) is 6.58 Å². The Bertz CT molecular complexity index is 74.6. The fourth-order valence-electron chi connectivity index (χ4n) is 0.497. The van der Waals surface area contributed by atoms with E-state index in [9.17, 15) is 0 Å². The maximum Gasteiger partial charge on any atom is 0 e. The fourth-order valence-corrected chi connectivity index (χ4v) is 0.497. The van der Waals surface area contributed by atoms with Crippen molar-refractivity contribution < 1.29 is 17.1 Å². The van der Waals surface area contributed by atoms with E-state index < -0.39 is 0 Å². The van der Waals surface area contributed by atoms with Crippen LogP contribution in [0.25, 0.3) is 0 Å². The molecule has 9 heavy (non-hydrogen) atoms. The SMILES string of the molecule is [CH-]=CC=CCCCC.[Fe]. The molecule has 0 rings (SSSR count). The number of rotatable bonds is 4. The topological polar surface area (TPSA) is 0 Å². The van der Waals surface area contributed by atoms with Crippen molar-refractivity contribution in [2.75, 3.05) is 0 Å². The molecule has 0 bridgehead atoms. The normalized spacial score (nSPS) is 9.00. The zero-order valence-corrected chi connectivity index (χ0v) is 6.89. The van der Waals surface area contributed by atoms with E-state index in [4.69, 9.17) is 6.58 Å². The van der Waals surface area contributed by atoms with E-state index in [0.717, 1.165) is 6.42 Å². The molecule has 0 radical (unpaired) electrons. The third kappa shape index (κ3) is 11.5. The Morgan fingerprint density at radius 2 is 2.11 bits per heavy atom. The third-order valence-corrected chi connectivity index (χ3v) is 0.972. The smallest absolute Gasteiger partial charge is 0 e. The van der Waals surface area contributed by atoms with Crippen molar-refractivity contribution in [3.8, 4) is 0 Å². The Balaban J connectivity index is 0. The minimum atomic E-state index is 0. The number of hydrogen-bond acceptors (Lipinski definition) is 0. The summed E-state index contributed by atoms with van der Waals surface area (Å²) < 4.78 is 0. The largest absolute Gasteiger partial charge is 0.293 e. The molecule has 0 aliphatic carbocycles. The molecule has 0 atom stereocenters. The predicted molar refractivity (Wildman–Crippen MR) is 37.5 cm³/mol. The maximum absolute atomic E-state index is 5.10. The number of allylic oxidation sites excluding steroid dienone is 3. The summed E-state index contributed by atoms with van der Waals surface area (Å²) in [5, 5.41) is 0. The van der Waals surface area contributed by atoms with Gasteiger partial charge >= 0.3 is 0 Å². The standard InChI is InChI=1S/C8H13.Fe/c1-3-5-7-8-6-4-2;/h1,3,5,7H,4,6,8H2,2H3;/q-1;. The number of hydrogen-bond donors (Lipinski definition) is 0. The summed E-state index contributed by atoms with van der Waals surface area (Å²) in [6.45, 7) is 7.28. The van der Waals surface area contributed by atoms with Crippen LogP contribution in [0.5, 0.6) is 0 Å². The minimum absolute atomic E-state index is 0. The molecule has 0 aliphatic heterocycles. The Hall–Kier alpha value is -0.000519. The van der Waals surface area contributed by atoms with Crippen molar-refractivity contribution in [2.45, 2.75) is 26.2 Å². The number of unbranched alkanes of at least 4 members (excludes halogenated alkanes) is 2. The van der Waals surface area contributed by atoms with Crippen molar-refractivity contribution >= 4 is 0 Å². The first-order chi connectivity index (χ1) is 3.91. The summed E-state index contributed by atoms with van der Waals surface area (Å²) in [7, 11) is 0. The molecule has 0 saturated heterocycles. The van der Waals surface area contributed by atoms with Crippen LogP contribution in [-0.2, 0) is 17.1 Å². The molecule has 0 aromatic rings. The van der Waals surface area contributed by atoms with E-state index in [0.29, 0.717) is 0 Å². The van der Waals surface area contributed by atoms with Crippen molar-refractivity contribution in [3.63, 3.8) is 0 Å². The molecule has 0 N–H and O–H groups in total. The van der Waals surface area contributed by atoms with E-state index in [1.54, 1.807) is 6.08 Å². The van der Waals surface area contributed by atoms with Gasteiger partial charge in [0, 0.05) is 17.1 Å². The van der Waals surface area contributed by atoms with E-state index in [-0.39, 0.29) is 17.1 Å². The molecule has 0 fully saturated rings. The molecule has 0 spiro atoms. The van der Waals surface area contributed by atoms with Gasteiger partial charge in [-0.25, -0.2) is 12.2 Å². The van der Waals surface area contributed by atoms with Crippen LogP contribution in [0.4, 0.5) is 0 Å². The van der Waals surface area contributed by atoms with Gasteiger partial charge in [0.2, 0.25) is 0 Å². The van der Waals surface area contributed by atoms with Crippen molar-refractivity contribution in [2.24, 2.45) is 0 Å². The Morgan fingerprint density at radius 1 is 1.44 bits per heavy atom. The summed E-state index contributed by atoms with van der Waals surface area (Å²) in [5.74, 6) is 0. The average molecular weight is 165 g/mol. The molecule has 0 heterocycles. The molecule has 0 aromatic heterocycles. The molecule has 1 heteroatoms. The first-order valence-corrected chi connectivity index (χ1v) is 3.12. The van der Waals surface area contributed by atoms with Crippen LogP contribution in [0.1, 0.15) is 26.2 Å². The van der Waals surface area contributed by atoms with Gasteiger partial charge in [0.05, 0.1) is 0 Å². The molecule has 0 unspecified atom stereocenters. The second-order valence-electron chi connectivity index (χ2n) is 1.76. The van der Waals surface area contributed by atoms with Crippen molar-refractivity contribution in [1.82, 2.24) is 0 Å². The van der Waals surface area contributed by atoms with Gasteiger partial charge in [0.25, 0.3) is 0 Å². The summed E-state index contributed by atoms with van der Waals surface area (Å²) in [6.07, 6.45) is 9.22. The molecule has 0 nitrogen and oxygen atoms in total. The molecule has 0 aliphatic rings. The van der Waals surface area contributed by atoms with Crippen LogP contribution in [0.15, 0.2) is 18.2 Å². The quantitative estimate of drug-likeness (QED) is 0.260. The van der Waals surface area contributed by atoms with Crippen molar-refractivity contribution in [1.29, 1.82) is 0 Å². The first kappa shape index (κ1) is 11.8. The van der Waals surface area contributed by atoms with Gasteiger partial charge in [-0.05, 0) is 0 Å². The van der Waals surface area contributed by atoms with Gasteiger partial charge in [-0.2, -0.15) is 6.08 Å². The van der Waals surface area contributed by atoms with Crippen LogP contribution in [0, 0.1) is 6.58 Å². The molecule has 0 aromatic carbocycles. The van der Waals surface area contributed by atoms with E-state index in [2.05, 4.69) is 13.0 Å². The van der Waals surface area contributed by atoms with E-state index in [1.165, 1.54) is 12.8 Å². The van der Waals surface area contributed by atoms with Crippen LogP contribution in [0.3, 0.4) is 0 Å². The minimum Gasteiger partial charge on any atom is -0.293 e. The molecule has 54 valence electrons. The maximum atomic E-state index is 5.10. The summed E-state index contributed by atoms with van der Waals surface area (Å²) >= 11 is 0. The Labute approximate surface area is 68.5 Å². The van der Waals surface area contributed by atoms with E-state index in [1.807, 2.05) is 6.08 Å². The van der Waals surface area contributed by atoms with Gasteiger partial charge in [0.15, 0.2) is 0 Å². The van der Waals surface area contributed by atoms with Gasteiger partial charge in [-0.1, -0.05) is 26.2 Å². The zero-order chi connectivity index (χ0) is 6.24. The molecule has 0 saturated carbocycles.